The van der Waals surface area contributed by atoms with Gasteiger partial charge >= 0.3 is 12.0 Å². The molecule has 12 nitrogen and oxygen atoms in total. The summed E-state index contributed by atoms with van der Waals surface area (Å²) in [6.45, 7) is 2.71. The van der Waals surface area contributed by atoms with Gasteiger partial charge in [0.15, 0.2) is 0 Å². The van der Waals surface area contributed by atoms with Gasteiger partial charge in [-0.15, -0.1) is 0 Å². The number of ketones is 1. The van der Waals surface area contributed by atoms with Gasteiger partial charge in [0.05, 0.1) is 0 Å². The highest BCUT2D eigenvalue weighted by atomic mass is 16.4. The Hall–Kier alpha value is -3.18. The van der Waals surface area contributed by atoms with Crippen molar-refractivity contribution >= 4 is 35.5 Å². The minimum atomic E-state index is -1.42. The molecule has 2 atom stereocenters. The lowest BCUT2D eigenvalue weighted by Gasteiger charge is -2.23. The minimum Gasteiger partial charge on any atom is -0.465 e. The number of nitrogens with zero attached hydrogens (tertiary/aromatic N) is 1. The maximum absolute atomic E-state index is 11.9. The van der Waals surface area contributed by atoms with Crippen LogP contribution in [0.5, 0.6) is 0 Å². The molecule has 134 valence electrons. The lowest BCUT2D eigenvalue weighted by atomic mass is 10.2. The highest BCUT2D eigenvalue weighted by Gasteiger charge is 2.26. The highest BCUT2D eigenvalue weighted by molar-refractivity contribution is 6.35. The molecule has 12 heteroatoms. The van der Waals surface area contributed by atoms with E-state index in [0.29, 0.717) is 5.01 Å². The summed E-state index contributed by atoms with van der Waals surface area (Å²) < 4.78 is 0. The van der Waals surface area contributed by atoms with Gasteiger partial charge in [-0.25, -0.2) is 9.80 Å². The van der Waals surface area contributed by atoms with Crippen molar-refractivity contribution in [2.75, 3.05) is 6.54 Å². The summed E-state index contributed by atoms with van der Waals surface area (Å²) >= 11 is 0. The van der Waals surface area contributed by atoms with Crippen LogP contribution in [0.25, 0.3) is 0 Å². The molecule has 0 aliphatic heterocycles. The standard InChI is InChI=1S/C12H19N5O7/c1-5(15-12(23)24)9(20)14-6(2)10(21)16-17(4-8(13)19)11(22)7(3)18/h5-6,15H,4H2,1-3H3,(H2,13,19)(H,14,20)(H,16,21)(H,23,24). The van der Waals surface area contributed by atoms with E-state index in [1.807, 2.05) is 10.7 Å². The summed E-state index contributed by atoms with van der Waals surface area (Å²) in [6.07, 6.45) is -1.42. The zero-order chi connectivity index (χ0) is 19.0. The molecule has 24 heavy (non-hydrogen) atoms. The van der Waals surface area contributed by atoms with Crippen LogP contribution >= 0.6 is 0 Å². The number of carboxylic acid groups (broad SMARTS) is 1. The first kappa shape index (κ1) is 20.8. The van der Waals surface area contributed by atoms with Crippen LogP contribution in [0, 0.1) is 0 Å². The summed E-state index contributed by atoms with van der Waals surface area (Å²) in [7, 11) is 0. The predicted molar refractivity (Wildman–Crippen MR) is 78.0 cm³/mol. The summed E-state index contributed by atoms with van der Waals surface area (Å²) in [5.41, 5.74) is 6.91. The fourth-order valence-corrected chi connectivity index (χ4v) is 1.39. The van der Waals surface area contributed by atoms with Crippen LogP contribution in [-0.2, 0) is 24.0 Å². The highest BCUT2D eigenvalue weighted by Crippen LogP contribution is 1.92. The first-order valence-corrected chi connectivity index (χ1v) is 6.66. The number of nitrogens with two attached hydrogens (primary N) is 1. The van der Waals surface area contributed by atoms with Gasteiger partial charge in [0.1, 0.15) is 18.6 Å². The van der Waals surface area contributed by atoms with Crippen molar-refractivity contribution in [1.29, 1.82) is 0 Å². The molecule has 0 saturated carbocycles. The third-order valence-corrected chi connectivity index (χ3v) is 2.59. The quantitative estimate of drug-likeness (QED) is 0.241. The molecule has 2 unspecified atom stereocenters. The van der Waals surface area contributed by atoms with Gasteiger partial charge in [0, 0.05) is 6.92 Å². The third-order valence-electron chi connectivity index (χ3n) is 2.59. The number of amides is 5. The second-order valence-corrected chi connectivity index (χ2v) is 4.79. The van der Waals surface area contributed by atoms with Gasteiger partial charge in [0.2, 0.25) is 17.6 Å². The predicted octanol–water partition coefficient (Wildman–Crippen LogP) is -2.92. The monoisotopic (exact) mass is 345 g/mol. The Morgan fingerprint density at radius 2 is 1.50 bits per heavy atom. The van der Waals surface area contributed by atoms with E-state index in [1.54, 1.807) is 0 Å². The number of carbonyl (C=O) groups excluding carboxylic acids is 5. The normalized spacial score (nSPS) is 12.3. The number of hydrogen-bond acceptors (Lipinski definition) is 6. The molecule has 0 aromatic rings. The number of carbonyl (C=O) groups is 6. The molecule has 6 N–H and O–H groups in total. The Morgan fingerprint density at radius 1 is 1.00 bits per heavy atom. The topological polar surface area (TPSA) is 188 Å². The van der Waals surface area contributed by atoms with E-state index < -0.39 is 54.1 Å². The van der Waals surface area contributed by atoms with Crippen LogP contribution in [0.3, 0.4) is 0 Å². The maximum Gasteiger partial charge on any atom is 0.405 e. The average molecular weight is 345 g/mol. The summed E-state index contributed by atoms with van der Waals surface area (Å²) in [5, 5.41) is 13.0. The van der Waals surface area contributed by atoms with Crippen LogP contribution in [-0.4, -0.2) is 64.2 Å². The first-order valence-electron chi connectivity index (χ1n) is 6.66. The Kier molecular flexibility index (Phi) is 7.87. The van der Waals surface area contributed by atoms with Crippen molar-refractivity contribution in [3.63, 3.8) is 0 Å². The lowest BCUT2D eigenvalue weighted by molar-refractivity contribution is -0.150. The molecular formula is C12H19N5O7. The molecule has 0 aliphatic rings. The Morgan fingerprint density at radius 3 is 1.92 bits per heavy atom. The number of rotatable bonds is 7. The van der Waals surface area contributed by atoms with Crippen molar-refractivity contribution in [3.8, 4) is 0 Å². The number of primary amides is 1. The van der Waals surface area contributed by atoms with Crippen molar-refractivity contribution in [3.05, 3.63) is 0 Å². The van der Waals surface area contributed by atoms with E-state index in [0.717, 1.165) is 6.92 Å². The lowest BCUT2D eigenvalue weighted by Crippen LogP contribution is -2.57. The largest absolute Gasteiger partial charge is 0.465 e. The molecule has 0 rings (SSSR count). The van der Waals surface area contributed by atoms with Crippen molar-refractivity contribution in [1.82, 2.24) is 21.1 Å². The van der Waals surface area contributed by atoms with Gasteiger partial charge in [-0.2, -0.15) is 0 Å². The SMILES string of the molecule is CC(=O)C(=O)N(CC(N)=O)NC(=O)C(C)NC(=O)C(C)NC(=O)O. The summed E-state index contributed by atoms with van der Waals surface area (Å²) in [6, 6.07) is -2.32. The maximum atomic E-state index is 11.9. The van der Waals surface area contributed by atoms with E-state index >= 15 is 0 Å². The molecule has 0 aromatic carbocycles. The third kappa shape index (κ3) is 7.20. The minimum absolute atomic E-state index is 0.425. The Balaban J connectivity index is 4.82. The molecule has 0 saturated heterocycles. The van der Waals surface area contributed by atoms with Crippen LogP contribution in [0.2, 0.25) is 0 Å². The van der Waals surface area contributed by atoms with Crippen LogP contribution in [0.15, 0.2) is 0 Å². The van der Waals surface area contributed by atoms with E-state index in [9.17, 15) is 28.8 Å². The van der Waals surface area contributed by atoms with E-state index in [4.69, 9.17) is 10.8 Å². The molecule has 0 heterocycles. The Bertz CT molecular complexity index is 562. The molecule has 0 bridgehead atoms. The zero-order valence-corrected chi connectivity index (χ0v) is 13.3. The second kappa shape index (κ2) is 9.07. The first-order chi connectivity index (χ1) is 11.0. The van der Waals surface area contributed by atoms with Gasteiger partial charge in [0.25, 0.3) is 5.91 Å². The number of Topliss-reactive ketones (excluding diaryl/α,β-unsaturated/α-hetero) is 1. The van der Waals surface area contributed by atoms with Crippen LogP contribution < -0.4 is 21.8 Å². The average Bonchev–Trinajstić information content (AvgIpc) is 2.43. The second-order valence-electron chi connectivity index (χ2n) is 4.79. The van der Waals surface area contributed by atoms with Gasteiger partial charge in [-0.1, -0.05) is 0 Å². The van der Waals surface area contributed by atoms with Crippen LogP contribution in [0.1, 0.15) is 20.8 Å². The number of hydrazine groups is 1. The van der Waals surface area contributed by atoms with E-state index in [2.05, 4.69) is 5.32 Å². The smallest absolute Gasteiger partial charge is 0.405 e. The van der Waals surface area contributed by atoms with Crippen LogP contribution in [0.4, 0.5) is 4.79 Å². The van der Waals surface area contributed by atoms with Crippen molar-refractivity contribution in [2.45, 2.75) is 32.9 Å². The molecule has 0 radical (unpaired) electrons. The number of nitrogens with one attached hydrogen (secondary N) is 3. The molecule has 0 fully saturated rings. The van der Waals surface area contributed by atoms with Crippen molar-refractivity contribution in [2.24, 2.45) is 5.73 Å². The van der Waals surface area contributed by atoms with Crippen molar-refractivity contribution < 1.29 is 33.9 Å². The van der Waals surface area contributed by atoms with E-state index in [-0.39, 0.29) is 0 Å². The number of hydrogen-bond donors (Lipinski definition) is 5. The van der Waals surface area contributed by atoms with Gasteiger partial charge in [-0.3, -0.25) is 29.4 Å². The fourth-order valence-electron chi connectivity index (χ4n) is 1.39. The fraction of sp³-hybridized carbons (Fsp3) is 0.500. The van der Waals surface area contributed by atoms with E-state index in [1.165, 1.54) is 13.8 Å². The zero-order valence-electron chi connectivity index (χ0n) is 13.3. The molecule has 0 aromatic heterocycles. The van der Waals surface area contributed by atoms with Gasteiger partial charge < -0.3 is 21.5 Å². The van der Waals surface area contributed by atoms with Gasteiger partial charge in [-0.05, 0) is 13.8 Å². The molecule has 0 aliphatic carbocycles. The molecular weight excluding hydrogens is 326 g/mol. The summed E-state index contributed by atoms with van der Waals surface area (Å²) in [4.78, 5) is 67.6. The summed E-state index contributed by atoms with van der Waals surface area (Å²) in [5.74, 6) is -4.78. The Labute approximate surface area is 136 Å². The molecule has 0 spiro atoms. The molecule has 5 amide bonds.